The summed E-state index contributed by atoms with van der Waals surface area (Å²) in [6.07, 6.45) is 2.04. The lowest BCUT2D eigenvalue weighted by Gasteiger charge is -2.10. The molecule has 0 saturated carbocycles. The molecule has 4 rings (SSSR count). The molecule has 1 atom stereocenters. The van der Waals surface area contributed by atoms with E-state index in [9.17, 15) is 9.59 Å². The van der Waals surface area contributed by atoms with Crippen LogP contribution in [-0.2, 0) is 16.1 Å². The molecule has 0 radical (unpaired) electrons. The number of likely N-dealkylation sites (tertiary alicyclic amines) is 1. The number of nitrogens with zero attached hydrogens (tertiary/aromatic N) is 6. The molecule has 3 aromatic heterocycles. The Morgan fingerprint density at radius 2 is 2.27 bits per heavy atom. The smallest absolute Gasteiger partial charge is 0.258 e. The van der Waals surface area contributed by atoms with Gasteiger partial charge in [0.15, 0.2) is 17.3 Å². The Kier molecular flexibility index (Phi) is 3.86. The standard InChI is InChI=1S/C16H17N7O3/c1-9-18-16(26-21-9)10-3-4-23-12(5-10)19-20-13(23)7-17-15(25)11-6-14(24)22(2)8-11/h3-5,11H,6-8H2,1-2H3,(H,17,25). The Balaban J connectivity index is 1.47. The molecule has 1 saturated heterocycles. The normalized spacial score (nSPS) is 17.2. The molecule has 10 heteroatoms. The Hall–Kier alpha value is -3.30. The molecule has 1 aliphatic heterocycles. The van der Waals surface area contributed by atoms with Crippen molar-refractivity contribution in [2.45, 2.75) is 19.9 Å². The number of hydrogen-bond donors (Lipinski definition) is 1. The van der Waals surface area contributed by atoms with Crippen LogP contribution in [0.3, 0.4) is 0 Å². The van der Waals surface area contributed by atoms with E-state index in [1.807, 2.05) is 6.07 Å². The van der Waals surface area contributed by atoms with Crippen molar-refractivity contribution < 1.29 is 14.1 Å². The monoisotopic (exact) mass is 355 g/mol. The average molecular weight is 355 g/mol. The largest absolute Gasteiger partial charge is 0.348 e. The summed E-state index contributed by atoms with van der Waals surface area (Å²) >= 11 is 0. The highest BCUT2D eigenvalue weighted by molar-refractivity contribution is 5.89. The number of aryl methyl sites for hydroxylation is 1. The molecule has 0 aromatic carbocycles. The summed E-state index contributed by atoms with van der Waals surface area (Å²) in [5, 5.41) is 14.8. The van der Waals surface area contributed by atoms with Crippen LogP contribution in [0.15, 0.2) is 22.9 Å². The second-order valence-electron chi connectivity index (χ2n) is 6.30. The molecule has 2 amide bonds. The zero-order valence-corrected chi connectivity index (χ0v) is 14.3. The van der Waals surface area contributed by atoms with Crippen molar-refractivity contribution >= 4 is 17.5 Å². The molecule has 1 N–H and O–H groups in total. The zero-order chi connectivity index (χ0) is 18.3. The molecule has 1 unspecified atom stereocenters. The van der Waals surface area contributed by atoms with Gasteiger partial charge in [-0.25, -0.2) is 0 Å². The second kappa shape index (κ2) is 6.21. The lowest BCUT2D eigenvalue weighted by Crippen LogP contribution is -2.32. The van der Waals surface area contributed by atoms with Gasteiger partial charge in [-0.05, 0) is 19.1 Å². The van der Waals surface area contributed by atoms with Gasteiger partial charge >= 0.3 is 0 Å². The lowest BCUT2D eigenvalue weighted by atomic mass is 10.1. The highest BCUT2D eigenvalue weighted by Crippen LogP contribution is 2.19. The predicted molar refractivity (Wildman–Crippen MR) is 88.6 cm³/mol. The van der Waals surface area contributed by atoms with Crippen LogP contribution in [0.1, 0.15) is 18.1 Å². The maximum absolute atomic E-state index is 12.2. The molecule has 26 heavy (non-hydrogen) atoms. The number of carbonyl (C=O) groups excluding carboxylic acids is 2. The predicted octanol–water partition coefficient (Wildman–Crippen LogP) is 0.182. The Morgan fingerprint density at radius 3 is 2.96 bits per heavy atom. The summed E-state index contributed by atoms with van der Waals surface area (Å²) < 4.78 is 6.93. The molecule has 0 aliphatic carbocycles. The van der Waals surface area contributed by atoms with Gasteiger partial charge in [-0.2, -0.15) is 4.98 Å². The minimum Gasteiger partial charge on any atom is -0.348 e. The minimum atomic E-state index is -0.320. The van der Waals surface area contributed by atoms with Crippen molar-refractivity contribution in [3.05, 3.63) is 30.0 Å². The Labute approximate surface area is 148 Å². The number of nitrogens with one attached hydrogen (secondary N) is 1. The summed E-state index contributed by atoms with van der Waals surface area (Å²) in [5.41, 5.74) is 1.35. The Morgan fingerprint density at radius 1 is 1.42 bits per heavy atom. The van der Waals surface area contributed by atoms with Gasteiger partial charge in [-0.15, -0.1) is 10.2 Å². The fourth-order valence-corrected chi connectivity index (χ4v) is 2.96. The zero-order valence-electron chi connectivity index (χ0n) is 14.3. The minimum absolute atomic E-state index is 0.0122. The SMILES string of the molecule is Cc1noc(-c2ccn3c(CNC(=O)C4CC(=O)N(C)C4)nnc3c2)n1. The van der Waals surface area contributed by atoms with E-state index in [-0.39, 0.29) is 30.7 Å². The van der Waals surface area contributed by atoms with Crippen molar-refractivity contribution in [3.8, 4) is 11.5 Å². The molecular formula is C16H17N7O3. The van der Waals surface area contributed by atoms with Crippen LogP contribution >= 0.6 is 0 Å². The van der Waals surface area contributed by atoms with Gasteiger partial charge in [-0.3, -0.25) is 14.0 Å². The van der Waals surface area contributed by atoms with Crippen LogP contribution in [0.5, 0.6) is 0 Å². The van der Waals surface area contributed by atoms with E-state index in [1.165, 1.54) is 0 Å². The first-order valence-corrected chi connectivity index (χ1v) is 8.17. The lowest BCUT2D eigenvalue weighted by molar-refractivity contribution is -0.128. The fraction of sp³-hybridized carbons (Fsp3) is 0.375. The van der Waals surface area contributed by atoms with Gasteiger partial charge in [0.05, 0.1) is 12.5 Å². The highest BCUT2D eigenvalue weighted by Gasteiger charge is 2.32. The van der Waals surface area contributed by atoms with Gasteiger partial charge in [0, 0.05) is 31.8 Å². The van der Waals surface area contributed by atoms with Crippen LogP contribution < -0.4 is 5.32 Å². The molecule has 0 spiro atoms. The van der Waals surface area contributed by atoms with E-state index in [2.05, 4.69) is 25.7 Å². The summed E-state index contributed by atoms with van der Waals surface area (Å²) in [5.74, 6) is 1.08. The van der Waals surface area contributed by atoms with Crippen LogP contribution in [0.2, 0.25) is 0 Å². The van der Waals surface area contributed by atoms with Gasteiger partial charge < -0.3 is 14.7 Å². The van der Waals surface area contributed by atoms with Gasteiger partial charge in [0.2, 0.25) is 11.8 Å². The van der Waals surface area contributed by atoms with E-state index < -0.39 is 0 Å². The van der Waals surface area contributed by atoms with Crippen LogP contribution in [0.4, 0.5) is 0 Å². The van der Waals surface area contributed by atoms with Crippen molar-refractivity contribution in [1.29, 1.82) is 0 Å². The molecular weight excluding hydrogens is 338 g/mol. The first-order chi connectivity index (χ1) is 12.5. The van der Waals surface area contributed by atoms with Crippen LogP contribution in [0, 0.1) is 12.8 Å². The van der Waals surface area contributed by atoms with E-state index in [0.29, 0.717) is 29.7 Å². The summed E-state index contributed by atoms with van der Waals surface area (Å²) in [6.45, 7) is 2.42. The first kappa shape index (κ1) is 16.2. The number of hydrogen-bond acceptors (Lipinski definition) is 7. The molecule has 1 fully saturated rings. The van der Waals surface area contributed by atoms with E-state index in [1.54, 1.807) is 35.5 Å². The van der Waals surface area contributed by atoms with Crippen molar-refractivity contribution in [1.82, 2.24) is 35.0 Å². The maximum atomic E-state index is 12.2. The molecule has 0 bridgehead atoms. The van der Waals surface area contributed by atoms with Gasteiger partial charge in [0.25, 0.3) is 5.89 Å². The summed E-state index contributed by atoms with van der Waals surface area (Å²) in [7, 11) is 1.70. The van der Waals surface area contributed by atoms with Crippen LogP contribution in [-0.4, -0.2) is 55.0 Å². The summed E-state index contributed by atoms with van der Waals surface area (Å²) in [4.78, 5) is 29.5. The van der Waals surface area contributed by atoms with Gasteiger partial charge in [0.1, 0.15) is 0 Å². The van der Waals surface area contributed by atoms with Crippen LogP contribution in [0.25, 0.3) is 17.1 Å². The highest BCUT2D eigenvalue weighted by atomic mass is 16.5. The van der Waals surface area contributed by atoms with Crippen molar-refractivity contribution in [2.75, 3.05) is 13.6 Å². The number of fused-ring (bicyclic) bond motifs is 1. The number of carbonyl (C=O) groups is 2. The molecule has 134 valence electrons. The molecule has 3 aromatic rings. The van der Waals surface area contributed by atoms with Gasteiger partial charge in [-0.1, -0.05) is 5.16 Å². The number of rotatable bonds is 4. The maximum Gasteiger partial charge on any atom is 0.258 e. The average Bonchev–Trinajstić information content (AvgIpc) is 3.32. The summed E-state index contributed by atoms with van der Waals surface area (Å²) in [6, 6.07) is 3.61. The van der Waals surface area contributed by atoms with E-state index in [4.69, 9.17) is 4.52 Å². The fourth-order valence-electron chi connectivity index (χ4n) is 2.96. The first-order valence-electron chi connectivity index (χ1n) is 8.17. The van der Waals surface area contributed by atoms with Crippen molar-refractivity contribution in [2.24, 2.45) is 5.92 Å². The number of amides is 2. The topological polar surface area (TPSA) is 119 Å². The number of pyridine rings is 1. The Bertz CT molecular complexity index is 993. The third kappa shape index (κ3) is 2.89. The van der Waals surface area contributed by atoms with Crippen molar-refractivity contribution in [3.63, 3.8) is 0 Å². The van der Waals surface area contributed by atoms with E-state index >= 15 is 0 Å². The molecule has 1 aliphatic rings. The molecule has 10 nitrogen and oxygen atoms in total. The second-order valence-corrected chi connectivity index (χ2v) is 6.30. The third-order valence-electron chi connectivity index (χ3n) is 4.39. The quantitative estimate of drug-likeness (QED) is 0.709. The molecule has 4 heterocycles. The number of aromatic nitrogens is 5. The van der Waals surface area contributed by atoms with E-state index in [0.717, 1.165) is 5.56 Å². The third-order valence-corrected chi connectivity index (χ3v) is 4.39.